The van der Waals surface area contributed by atoms with Crippen molar-refractivity contribution in [3.8, 4) is 0 Å². The van der Waals surface area contributed by atoms with Gasteiger partial charge in [-0.3, -0.25) is 9.89 Å². The van der Waals surface area contributed by atoms with Gasteiger partial charge in [0.2, 0.25) is 0 Å². The average Bonchev–Trinajstić information content (AvgIpc) is 3.26. The molecular formula is C20H27FN4O2S. The maximum atomic E-state index is 13.5. The highest BCUT2D eigenvalue weighted by Gasteiger charge is 2.23. The van der Waals surface area contributed by atoms with E-state index in [9.17, 15) is 9.50 Å². The Hall–Kier alpha value is -2.00. The standard InChI is InChI=1S/C20H27FN4O2S/c1-22-20(23-12-15-4-5-17(21)16(11-15)14-26)24-13-18(19-3-2-10-28-19)25-6-8-27-9-7-25/h2-5,10-11,18,26H,6-9,12-14H2,1H3,(H2,22,23,24). The van der Waals surface area contributed by atoms with Gasteiger partial charge in [0, 0.05) is 43.7 Å². The van der Waals surface area contributed by atoms with Crippen molar-refractivity contribution in [1.82, 2.24) is 15.5 Å². The molecule has 1 aromatic carbocycles. The van der Waals surface area contributed by atoms with Gasteiger partial charge in [-0.2, -0.15) is 0 Å². The smallest absolute Gasteiger partial charge is 0.191 e. The van der Waals surface area contributed by atoms with E-state index >= 15 is 0 Å². The van der Waals surface area contributed by atoms with Gasteiger partial charge in [-0.25, -0.2) is 4.39 Å². The number of nitrogens with one attached hydrogen (secondary N) is 2. The largest absolute Gasteiger partial charge is 0.392 e. The molecule has 0 bridgehead atoms. The number of aliphatic hydroxyl groups is 1. The number of morpholine rings is 1. The molecule has 28 heavy (non-hydrogen) atoms. The first-order valence-electron chi connectivity index (χ1n) is 9.39. The lowest BCUT2D eigenvalue weighted by molar-refractivity contribution is 0.0177. The zero-order chi connectivity index (χ0) is 19.8. The zero-order valence-electron chi connectivity index (χ0n) is 16.0. The number of aliphatic imine (C=N–C) groups is 1. The molecule has 0 spiro atoms. The molecule has 1 aliphatic rings. The molecule has 1 saturated heterocycles. The highest BCUT2D eigenvalue weighted by molar-refractivity contribution is 7.10. The van der Waals surface area contributed by atoms with Crippen LogP contribution in [-0.2, 0) is 17.9 Å². The van der Waals surface area contributed by atoms with Crippen molar-refractivity contribution in [1.29, 1.82) is 0 Å². The molecule has 8 heteroatoms. The topological polar surface area (TPSA) is 69.1 Å². The number of rotatable bonds is 7. The van der Waals surface area contributed by atoms with Crippen molar-refractivity contribution in [2.45, 2.75) is 19.2 Å². The van der Waals surface area contributed by atoms with Crippen LogP contribution in [0.4, 0.5) is 4.39 Å². The lowest BCUT2D eigenvalue weighted by atomic mass is 10.1. The van der Waals surface area contributed by atoms with Crippen molar-refractivity contribution in [2.75, 3.05) is 39.9 Å². The van der Waals surface area contributed by atoms with Crippen molar-refractivity contribution in [3.05, 3.63) is 57.5 Å². The predicted molar refractivity (Wildman–Crippen MR) is 110 cm³/mol. The first kappa shape index (κ1) is 20.7. The van der Waals surface area contributed by atoms with Crippen LogP contribution in [0.5, 0.6) is 0 Å². The Morgan fingerprint density at radius 3 is 2.82 bits per heavy atom. The van der Waals surface area contributed by atoms with E-state index in [4.69, 9.17) is 4.74 Å². The maximum Gasteiger partial charge on any atom is 0.191 e. The molecule has 0 aliphatic carbocycles. The fourth-order valence-corrected chi connectivity index (χ4v) is 4.10. The summed E-state index contributed by atoms with van der Waals surface area (Å²) in [7, 11) is 1.73. The van der Waals surface area contributed by atoms with Crippen LogP contribution in [0, 0.1) is 5.82 Å². The van der Waals surface area contributed by atoms with Gasteiger partial charge in [-0.1, -0.05) is 12.1 Å². The molecule has 2 aromatic rings. The van der Waals surface area contributed by atoms with Gasteiger partial charge in [0.1, 0.15) is 5.82 Å². The normalized spacial score (nSPS) is 16.8. The molecule has 1 unspecified atom stereocenters. The molecular weight excluding hydrogens is 379 g/mol. The minimum atomic E-state index is -0.391. The summed E-state index contributed by atoms with van der Waals surface area (Å²) < 4.78 is 19.0. The van der Waals surface area contributed by atoms with E-state index in [2.05, 4.69) is 38.0 Å². The highest BCUT2D eigenvalue weighted by atomic mass is 32.1. The van der Waals surface area contributed by atoms with Gasteiger partial charge in [-0.15, -0.1) is 11.3 Å². The van der Waals surface area contributed by atoms with Crippen LogP contribution in [0.1, 0.15) is 22.0 Å². The van der Waals surface area contributed by atoms with E-state index in [1.54, 1.807) is 30.5 Å². The molecule has 1 aromatic heterocycles. The second-order valence-electron chi connectivity index (χ2n) is 6.57. The summed E-state index contributed by atoms with van der Waals surface area (Å²) in [6.45, 7) is 4.25. The van der Waals surface area contributed by atoms with Gasteiger partial charge < -0.3 is 20.5 Å². The predicted octanol–water partition coefficient (Wildman–Crippen LogP) is 2.12. The molecule has 0 amide bonds. The van der Waals surface area contributed by atoms with Gasteiger partial charge in [-0.05, 0) is 29.1 Å². The van der Waals surface area contributed by atoms with Crippen molar-refractivity contribution < 1.29 is 14.2 Å². The summed E-state index contributed by atoms with van der Waals surface area (Å²) in [4.78, 5) is 8.04. The van der Waals surface area contributed by atoms with Gasteiger partial charge in [0.15, 0.2) is 5.96 Å². The summed E-state index contributed by atoms with van der Waals surface area (Å²) in [6.07, 6.45) is 0. The molecule has 152 valence electrons. The lowest BCUT2D eigenvalue weighted by Gasteiger charge is -2.34. The van der Waals surface area contributed by atoms with Crippen LogP contribution in [0.3, 0.4) is 0 Å². The quantitative estimate of drug-likeness (QED) is 0.485. The number of guanidine groups is 1. The third kappa shape index (κ3) is 5.51. The lowest BCUT2D eigenvalue weighted by Crippen LogP contribution is -2.46. The average molecular weight is 407 g/mol. The molecule has 1 atom stereocenters. The Labute approximate surface area is 169 Å². The third-order valence-corrected chi connectivity index (χ3v) is 5.76. The van der Waals surface area contributed by atoms with Crippen molar-refractivity contribution >= 4 is 17.3 Å². The summed E-state index contributed by atoms with van der Waals surface area (Å²) in [5.41, 5.74) is 1.18. The molecule has 3 N–H and O–H groups in total. The minimum Gasteiger partial charge on any atom is -0.392 e. The van der Waals surface area contributed by atoms with Crippen LogP contribution in [-0.4, -0.2) is 55.9 Å². The first-order chi connectivity index (χ1) is 13.7. The Balaban J connectivity index is 1.58. The van der Waals surface area contributed by atoms with Crippen LogP contribution >= 0.6 is 11.3 Å². The fourth-order valence-electron chi connectivity index (χ4n) is 3.24. The van der Waals surface area contributed by atoms with E-state index in [-0.39, 0.29) is 12.6 Å². The van der Waals surface area contributed by atoms with Crippen molar-refractivity contribution in [2.24, 2.45) is 4.99 Å². The summed E-state index contributed by atoms with van der Waals surface area (Å²) in [5, 5.41) is 18.0. The first-order valence-corrected chi connectivity index (χ1v) is 10.3. The molecule has 3 rings (SSSR count). The summed E-state index contributed by atoms with van der Waals surface area (Å²) in [6, 6.07) is 9.25. The van der Waals surface area contributed by atoms with Crippen LogP contribution < -0.4 is 10.6 Å². The fraction of sp³-hybridized carbons (Fsp3) is 0.450. The maximum absolute atomic E-state index is 13.5. The summed E-state index contributed by atoms with van der Waals surface area (Å²) >= 11 is 1.76. The Kier molecular flexibility index (Phi) is 7.79. The van der Waals surface area contributed by atoms with Crippen LogP contribution in [0.2, 0.25) is 0 Å². The molecule has 6 nitrogen and oxygen atoms in total. The van der Waals surface area contributed by atoms with E-state index in [0.29, 0.717) is 18.1 Å². The van der Waals surface area contributed by atoms with Gasteiger partial charge in [0.25, 0.3) is 0 Å². The SMILES string of the molecule is CN=C(NCc1ccc(F)c(CO)c1)NCC(c1cccs1)N1CCOCC1. The Bertz CT molecular complexity index is 764. The number of hydrogen-bond donors (Lipinski definition) is 3. The number of benzene rings is 1. The van der Waals surface area contributed by atoms with Gasteiger partial charge in [0.05, 0.1) is 25.9 Å². The highest BCUT2D eigenvalue weighted by Crippen LogP contribution is 2.25. The van der Waals surface area contributed by atoms with Gasteiger partial charge >= 0.3 is 0 Å². The number of halogens is 1. The van der Waals surface area contributed by atoms with E-state index in [1.165, 1.54) is 10.9 Å². The monoisotopic (exact) mass is 406 g/mol. The number of nitrogens with zero attached hydrogens (tertiary/aromatic N) is 2. The molecule has 1 fully saturated rings. The number of ether oxygens (including phenoxy) is 1. The summed E-state index contributed by atoms with van der Waals surface area (Å²) in [5.74, 6) is 0.294. The second kappa shape index (κ2) is 10.5. The van der Waals surface area contributed by atoms with Crippen LogP contribution in [0.25, 0.3) is 0 Å². The third-order valence-electron chi connectivity index (χ3n) is 4.78. The molecule has 0 radical (unpaired) electrons. The van der Waals surface area contributed by atoms with Crippen molar-refractivity contribution in [3.63, 3.8) is 0 Å². The Morgan fingerprint density at radius 2 is 2.14 bits per heavy atom. The van der Waals surface area contributed by atoms with Crippen LogP contribution in [0.15, 0.2) is 40.7 Å². The number of aliphatic hydroxyl groups excluding tert-OH is 1. The molecule has 0 saturated carbocycles. The Morgan fingerprint density at radius 1 is 1.32 bits per heavy atom. The minimum absolute atomic E-state index is 0.259. The number of thiophene rings is 1. The molecule has 1 aliphatic heterocycles. The second-order valence-corrected chi connectivity index (χ2v) is 7.55. The van der Waals surface area contributed by atoms with E-state index in [1.807, 2.05) is 0 Å². The van der Waals surface area contributed by atoms with E-state index < -0.39 is 5.82 Å². The molecule has 2 heterocycles. The zero-order valence-corrected chi connectivity index (χ0v) is 16.8. The van der Waals surface area contributed by atoms with E-state index in [0.717, 1.165) is 38.4 Å². The number of hydrogen-bond acceptors (Lipinski definition) is 5.